The van der Waals surface area contributed by atoms with Crippen molar-refractivity contribution < 1.29 is 5.11 Å². The Balaban J connectivity index is 1.57. The monoisotopic (exact) mass is 318 g/mol. The van der Waals surface area contributed by atoms with E-state index in [0.717, 1.165) is 48.7 Å². The highest BCUT2D eigenvalue weighted by Crippen LogP contribution is 2.24. The number of rotatable bonds is 3. The summed E-state index contributed by atoms with van der Waals surface area (Å²) in [7, 11) is 0. The van der Waals surface area contributed by atoms with Gasteiger partial charge in [-0.2, -0.15) is 0 Å². The SMILES string of the molecule is Oc1ccccc1CN1CCc2cnc(-c3ccncc3)nc2C1. The molecule has 0 saturated heterocycles. The number of pyridine rings is 1. The van der Waals surface area contributed by atoms with E-state index in [-0.39, 0.29) is 0 Å². The van der Waals surface area contributed by atoms with Gasteiger partial charge in [0, 0.05) is 49.4 Å². The Morgan fingerprint density at radius 3 is 2.75 bits per heavy atom. The van der Waals surface area contributed by atoms with E-state index in [2.05, 4.69) is 14.9 Å². The van der Waals surface area contributed by atoms with Crippen LogP contribution in [0.2, 0.25) is 0 Å². The summed E-state index contributed by atoms with van der Waals surface area (Å²) in [5.41, 5.74) is 4.20. The zero-order chi connectivity index (χ0) is 16.4. The number of fused-ring (bicyclic) bond motifs is 1. The molecule has 1 aliphatic rings. The molecule has 2 aromatic heterocycles. The summed E-state index contributed by atoms with van der Waals surface area (Å²) in [6.07, 6.45) is 6.38. The van der Waals surface area contributed by atoms with E-state index in [1.165, 1.54) is 5.56 Å². The van der Waals surface area contributed by atoms with Gasteiger partial charge in [0.15, 0.2) is 5.82 Å². The highest BCUT2D eigenvalue weighted by atomic mass is 16.3. The van der Waals surface area contributed by atoms with Gasteiger partial charge >= 0.3 is 0 Å². The minimum atomic E-state index is 0.350. The molecule has 0 aliphatic carbocycles. The average Bonchev–Trinajstić information content (AvgIpc) is 2.64. The third kappa shape index (κ3) is 2.98. The standard InChI is InChI=1S/C19H18N4O/c24-18-4-2-1-3-16(18)12-23-10-7-15-11-21-19(22-17(15)13-23)14-5-8-20-9-6-14/h1-6,8-9,11,24H,7,10,12-13H2. The van der Waals surface area contributed by atoms with E-state index in [0.29, 0.717) is 5.75 Å². The van der Waals surface area contributed by atoms with E-state index in [4.69, 9.17) is 4.98 Å². The summed E-state index contributed by atoms with van der Waals surface area (Å²) in [5, 5.41) is 9.97. The van der Waals surface area contributed by atoms with Crippen LogP contribution in [0.4, 0.5) is 0 Å². The zero-order valence-corrected chi connectivity index (χ0v) is 13.3. The quantitative estimate of drug-likeness (QED) is 0.804. The van der Waals surface area contributed by atoms with Crippen LogP contribution in [0.25, 0.3) is 11.4 Å². The second-order valence-electron chi connectivity index (χ2n) is 5.99. The number of benzene rings is 1. The van der Waals surface area contributed by atoms with Crippen molar-refractivity contribution in [3.05, 3.63) is 71.8 Å². The molecule has 3 aromatic rings. The van der Waals surface area contributed by atoms with Crippen LogP contribution >= 0.6 is 0 Å². The van der Waals surface area contributed by atoms with Crippen LogP contribution in [0.5, 0.6) is 5.75 Å². The Bertz CT molecular complexity index is 851. The molecular weight excluding hydrogens is 300 g/mol. The van der Waals surface area contributed by atoms with Crippen molar-refractivity contribution in [1.82, 2.24) is 19.9 Å². The number of hydrogen-bond donors (Lipinski definition) is 1. The van der Waals surface area contributed by atoms with Gasteiger partial charge in [0.1, 0.15) is 5.75 Å². The van der Waals surface area contributed by atoms with Gasteiger partial charge in [-0.15, -0.1) is 0 Å². The van der Waals surface area contributed by atoms with Crippen molar-refractivity contribution in [3.8, 4) is 17.1 Å². The summed E-state index contributed by atoms with van der Waals surface area (Å²) >= 11 is 0. The molecule has 0 fully saturated rings. The van der Waals surface area contributed by atoms with Gasteiger partial charge < -0.3 is 5.11 Å². The lowest BCUT2D eigenvalue weighted by molar-refractivity contribution is 0.238. The fraction of sp³-hybridized carbons (Fsp3) is 0.211. The molecule has 1 aromatic carbocycles. The second-order valence-corrected chi connectivity index (χ2v) is 5.99. The lowest BCUT2D eigenvalue weighted by atomic mass is 10.1. The third-order valence-corrected chi connectivity index (χ3v) is 4.35. The van der Waals surface area contributed by atoms with Gasteiger partial charge in [0.05, 0.1) is 5.69 Å². The number of phenolic OH excluding ortho intramolecular Hbond substituents is 1. The van der Waals surface area contributed by atoms with Gasteiger partial charge in [0.25, 0.3) is 0 Å². The van der Waals surface area contributed by atoms with Gasteiger partial charge in [0.2, 0.25) is 0 Å². The van der Waals surface area contributed by atoms with Crippen LogP contribution in [-0.2, 0) is 19.5 Å². The minimum Gasteiger partial charge on any atom is -0.508 e. The zero-order valence-electron chi connectivity index (χ0n) is 13.3. The van der Waals surface area contributed by atoms with Gasteiger partial charge in [-0.25, -0.2) is 9.97 Å². The molecule has 24 heavy (non-hydrogen) atoms. The number of aromatic hydroxyl groups is 1. The lowest BCUT2D eigenvalue weighted by Gasteiger charge is -2.28. The normalized spacial score (nSPS) is 14.3. The van der Waals surface area contributed by atoms with E-state index < -0.39 is 0 Å². The molecule has 1 N–H and O–H groups in total. The van der Waals surface area contributed by atoms with Gasteiger partial charge in [-0.05, 0) is 30.2 Å². The Morgan fingerprint density at radius 2 is 1.92 bits per heavy atom. The van der Waals surface area contributed by atoms with E-state index in [1.54, 1.807) is 18.5 Å². The van der Waals surface area contributed by atoms with Crippen molar-refractivity contribution >= 4 is 0 Å². The summed E-state index contributed by atoms with van der Waals surface area (Å²) in [6, 6.07) is 11.3. The van der Waals surface area contributed by atoms with E-state index >= 15 is 0 Å². The summed E-state index contributed by atoms with van der Waals surface area (Å²) in [4.78, 5) is 15.6. The third-order valence-electron chi connectivity index (χ3n) is 4.35. The highest BCUT2D eigenvalue weighted by molar-refractivity contribution is 5.54. The predicted molar refractivity (Wildman–Crippen MR) is 91.2 cm³/mol. The van der Waals surface area contributed by atoms with E-state index in [1.807, 2.05) is 36.5 Å². The molecule has 1 aliphatic heterocycles. The summed E-state index contributed by atoms with van der Waals surface area (Å²) in [5.74, 6) is 1.09. The molecule has 0 atom stereocenters. The maximum absolute atomic E-state index is 9.97. The van der Waals surface area contributed by atoms with Gasteiger partial charge in [-0.3, -0.25) is 9.88 Å². The largest absolute Gasteiger partial charge is 0.508 e. The average molecular weight is 318 g/mol. The maximum atomic E-state index is 9.97. The van der Waals surface area contributed by atoms with Gasteiger partial charge in [-0.1, -0.05) is 18.2 Å². The molecule has 0 spiro atoms. The van der Waals surface area contributed by atoms with Crippen LogP contribution in [0.3, 0.4) is 0 Å². The van der Waals surface area contributed by atoms with Crippen molar-refractivity contribution in [2.45, 2.75) is 19.5 Å². The molecule has 0 amide bonds. The molecule has 5 heteroatoms. The Morgan fingerprint density at radius 1 is 1.08 bits per heavy atom. The van der Waals surface area contributed by atoms with Crippen LogP contribution in [-0.4, -0.2) is 31.5 Å². The molecule has 3 heterocycles. The molecule has 0 radical (unpaired) electrons. The van der Waals surface area contributed by atoms with Crippen LogP contribution in [0.15, 0.2) is 55.0 Å². The number of aromatic nitrogens is 3. The highest BCUT2D eigenvalue weighted by Gasteiger charge is 2.19. The first kappa shape index (κ1) is 14.8. The fourth-order valence-corrected chi connectivity index (χ4v) is 3.02. The maximum Gasteiger partial charge on any atom is 0.159 e. The van der Waals surface area contributed by atoms with Crippen LogP contribution < -0.4 is 0 Å². The van der Waals surface area contributed by atoms with Crippen molar-refractivity contribution in [1.29, 1.82) is 0 Å². The number of phenols is 1. The second kappa shape index (κ2) is 6.37. The number of hydrogen-bond acceptors (Lipinski definition) is 5. The first-order valence-corrected chi connectivity index (χ1v) is 8.04. The van der Waals surface area contributed by atoms with Crippen LogP contribution in [0.1, 0.15) is 16.8 Å². The Labute approximate surface area is 140 Å². The molecule has 0 unspecified atom stereocenters. The van der Waals surface area contributed by atoms with Crippen molar-refractivity contribution in [2.75, 3.05) is 6.54 Å². The minimum absolute atomic E-state index is 0.350. The molecular formula is C19H18N4O. The van der Waals surface area contributed by atoms with E-state index in [9.17, 15) is 5.11 Å². The van der Waals surface area contributed by atoms with Crippen molar-refractivity contribution in [2.24, 2.45) is 0 Å². The molecule has 120 valence electrons. The first-order chi connectivity index (χ1) is 11.8. The number of para-hydroxylation sites is 1. The summed E-state index contributed by atoms with van der Waals surface area (Å²) < 4.78 is 0. The number of nitrogens with zero attached hydrogens (tertiary/aromatic N) is 4. The summed E-state index contributed by atoms with van der Waals surface area (Å²) in [6.45, 7) is 2.43. The molecule has 5 nitrogen and oxygen atoms in total. The molecule has 0 bridgehead atoms. The Hall–Kier alpha value is -2.79. The Kier molecular flexibility index (Phi) is 3.92. The topological polar surface area (TPSA) is 62.1 Å². The first-order valence-electron chi connectivity index (χ1n) is 8.04. The van der Waals surface area contributed by atoms with Crippen LogP contribution in [0, 0.1) is 0 Å². The smallest absolute Gasteiger partial charge is 0.159 e. The fourth-order valence-electron chi connectivity index (χ4n) is 3.02. The predicted octanol–water partition coefficient (Wildman–Crippen LogP) is 2.80. The lowest BCUT2D eigenvalue weighted by Crippen LogP contribution is -2.31. The molecule has 4 rings (SSSR count). The molecule has 0 saturated carbocycles. The van der Waals surface area contributed by atoms with Crippen molar-refractivity contribution in [3.63, 3.8) is 0 Å².